The third kappa shape index (κ3) is 2.96. The van der Waals surface area contributed by atoms with E-state index >= 15 is 0 Å². The quantitative estimate of drug-likeness (QED) is 0.898. The van der Waals surface area contributed by atoms with Crippen molar-refractivity contribution < 1.29 is 0 Å². The van der Waals surface area contributed by atoms with Crippen LogP contribution in [0.5, 0.6) is 0 Å². The lowest BCUT2D eigenvalue weighted by Crippen LogP contribution is -2.23. The fourth-order valence-electron chi connectivity index (χ4n) is 1.73. The van der Waals surface area contributed by atoms with E-state index in [1.807, 2.05) is 12.3 Å². The van der Waals surface area contributed by atoms with Gasteiger partial charge < -0.3 is 10.3 Å². The van der Waals surface area contributed by atoms with Gasteiger partial charge in [0.2, 0.25) is 0 Å². The second kappa shape index (κ2) is 5.33. The number of anilines is 1. The number of hydrogen-bond donors (Lipinski definition) is 1. The van der Waals surface area contributed by atoms with Crippen LogP contribution in [0, 0.1) is 6.92 Å². The van der Waals surface area contributed by atoms with Gasteiger partial charge in [-0.3, -0.25) is 4.79 Å². The number of nitrogens with zero attached hydrogens (tertiary/aromatic N) is 2. The van der Waals surface area contributed by atoms with Gasteiger partial charge in [0.15, 0.2) is 0 Å². The van der Waals surface area contributed by atoms with Gasteiger partial charge in [0.05, 0.1) is 22.4 Å². The van der Waals surface area contributed by atoms with Crippen molar-refractivity contribution in [3.63, 3.8) is 0 Å². The van der Waals surface area contributed by atoms with Crippen molar-refractivity contribution in [3.05, 3.63) is 42.7 Å². The highest BCUT2D eigenvalue weighted by atomic mass is 79.9. The van der Waals surface area contributed by atoms with Crippen LogP contribution in [0.25, 0.3) is 0 Å². The van der Waals surface area contributed by atoms with Crippen molar-refractivity contribution in [2.24, 2.45) is 0 Å². The summed E-state index contributed by atoms with van der Waals surface area (Å²) in [6.07, 6.45) is 1.68. The molecule has 0 amide bonds. The zero-order valence-electron chi connectivity index (χ0n) is 12.0. The minimum atomic E-state index is -0.0794. The van der Waals surface area contributed by atoms with Crippen LogP contribution >= 0.6 is 27.3 Å². The maximum Gasteiger partial charge on any atom is 0.265 e. The molecule has 20 heavy (non-hydrogen) atoms. The average Bonchev–Trinajstić information content (AvgIpc) is 2.82. The Balaban J connectivity index is 2.36. The molecule has 108 valence electrons. The fraction of sp³-hybridized carbons (Fsp3) is 0.429. The molecule has 0 aliphatic heterocycles. The lowest BCUT2D eigenvalue weighted by atomic mass is 9.93. The molecule has 0 bridgehead atoms. The molecular weight excluding hydrogens is 338 g/mol. The second-order valence-electron chi connectivity index (χ2n) is 5.83. The molecule has 2 aromatic rings. The predicted molar refractivity (Wildman–Crippen MR) is 87.5 cm³/mol. The standard InChI is InChI=1S/C14H18BrN3OS/c1-8-9(16)5-18(13(19)12(8)15)6-11-17-10(7-20-11)14(2,3)4/h5,7H,6,16H2,1-4H3. The van der Waals surface area contributed by atoms with E-state index in [0.717, 1.165) is 16.3 Å². The van der Waals surface area contributed by atoms with Gasteiger partial charge in [0.25, 0.3) is 5.56 Å². The van der Waals surface area contributed by atoms with Gasteiger partial charge in [0, 0.05) is 17.0 Å². The van der Waals surface area contributed by atoms with Gasteiger partial charge in [-0.25, -0.2) is 4.98 Å². The lowest BCUT2D eigenvalue weighted by Gasteiger charge is -2.14. The van der Waals surface area contributed by atoms with Crippen molar-refractivity contribution >= 4 is 33.0 Å². The molecule has 0 radical (unpaired) electrons. The first-order valence-corrected chi connectivity index (χ1v) is 7.97. The molecule has 4 nitrogen and oxygen atoms in total. The first kappa shape index (κ1) is 15.3. The number of aromatic nitrogens is 2. The number of nitrogens with two attached hydrogens (primary N) is 1. The molecule has 0 unspecified atom stereocenters. The van der Waals surface area contributed by atoms with E-state index in [0.29, 0.717) is 16.7 Å². The third-order valence-electron chi connectivity index (χ3n) is 3.13. The van der Waals surface area contributed by atoms with Crippen LogP contribution in [0.4, 0.5) is 5.69 Å². The van der Waals surface area contributed by atoms with Gasteiger partial charge in [-0.15, -0.1) is 11.3 Å². The van der Waals surface area contributed by atoms with Crippen molar-refractivity contribution in [2.75, 3.05) is 5.73 Å². The Morgan fingerprint density at radius 3 is 2.65 bits per heavy atom. The van der Waals surface area contributed by atoms with Crippen LogP contribution in [-0.4, -0.2) is 9.55 Å². The number of thiazole rings is 1. The minimum Gasteiger partial charge on any atom is -0.397 e. The number of pyridine rings is 1. The molecule has 2 N–H and O–H groups in total. The average molecular weight is 356 g/mol. The Bertz CT molecular complexity index is 697. The van der Waals surface area contributed by atoms with Gasteiger partial charge in [-0.1, -0.05) is 20.8 Å². The topological polar surface area (TPSA) is 60.9 Å². The summed E-state index contributed by atoms with van der Waals surface area (Å²) in [5, 5.41) is 2.96. The van der Waals surface area contributed by atoms with E-state index in [1.54, 1.807) is 22.1 Å². The Kier molecular flexibility index (Phi) is 4.07. The normalized spacial score (nSPS) is 11.8. The monoisotopic (exact) mass is 355 g/mol. The van der Waals surface area contributed by atoms with Crippen molar-refractivity contribution in [1.82, 2.24) is 9.55 Å². The summed E-state index contributed by atoms with van der Waals surface area (Å²) in [5.74, 6) is 0. The third-order valence-corrected chi connectivity index (χ3v) is 4.90. The summed E-state index contributed by atoms with van der Waals surface area (Å²) < 4.78 is 2.11. The van der Waals surface area contributed by atoms with Crippen LogP contribution in [-0.2, 0) is 12.0 Å². The molecule has 0 aliphatic rings. The lowest BCUT2D eigenvalue weighted by molar-refractivity contribution is 0.569. The van der Waals surface area contributed by atoms with Gasteiger partial charge >= 0.3 is 0 Å². The summed E-state index contributed by atoms with van der Waals surface area (Å²) in [4.78, 5) is 16.8. The van der Waals surface area contributed by atoms with Crippen LogP contribution in [0.2, 0.25) is 0 Å². The highest BCUT2D eigenvalue weighted by Gasteiger charge is 2.18. The van der Waals surface area contributed by atoms with E-state index in [2.05, 4.69) is 41.7 Å². The van der Waals surface area contributed by atoms with Crippen molar-refractivity contribution in [3.8, 4) is 0 Å². The summed E-state index contributed by atoms with van der Waals surface area (Å²) in [7, 11) is 0. The molecule has 0 saturated carbocycles. The zero-order valence-corrected chi connectivity index (χ0v) is 14.4. The van der Waals surface area contributed by atoms with Crippen molar-refractivity contribution in [1.29, 1.82) is 0 Å². The molecule has 0 atom stereocenters. The summed E-state index contributed by atoms with van der Waals surface area (Å²) in [6, 6.07) is 0. The first-order chi connectivity index (χ1) is 9.20. The van der Waals surface area contributed by atoms with Gasteiger partial charge in [0.1, 0.15) is 5.01 Å². The highest BCUT2D eigenvalue weighted by molar-refractivity contribution is 9.10. The molecule has 6 heteroatoms. The molecule has 0 aromatic carbocycles. The second-order valence-corrected chi connectivity index (χ2v) is 7.57. The number of nitrogen functional groups attached to an aromatic ring is 1. The SMILES string of the molecule is Cc1c(N)cn(Cc2nc(C(C)(C)C)cs2)c(=O)c1Br. The van der Waals surface area contributed by atoms with E-state index in [9.17, 15) is 4.79 Å². The molecule has 0 aliphatic carbocycles. The van der Waals surface area contributed by atoms with Gasteiger partial charge in [-0.05, 0) is 28.4 Å². The van der Waals surface area contributed by atoms with Crippen LogP contribution < -0.4 is 11.3 Å². The minimum absolute atomic E-state index is 0.0204. The van der Waals surface area contributed by atoms with E-state index in [-0.39, 0.29) is 11.0 Å². The Morgan fingerprint density at radius 1 is 1.45 bits per heavy atom. The maximum atomic E-state index is 12.2. The summed E-state index contributed by atoms with van der Waals surface area (Å²) in [6.45, 7) is 8.64. The largest absolute Gasteiger partial charge is 0.397 e. The van der Waals surface area contributed by atoms with Crippen LogP contribution in [0.3, 0.4) is 0 Å². The number of hydrogen-bond acceptors (Lipinski definition) is 4. The predicted octanol–water partition coefficient (Wildman–Crippen LogP) is 3.30. The molecule has 2 heterocycles. The molecular formula is C14H18BrN3OS. The summed E-state index contributed by atoms with van der Waals surface area (Å²) in [5.41, 5.74) is 8.28. The zero-order chi connectivity index (χ0) is 15.1. The molecule has 2 rings (SSSR count). The molecule has 0 saturated heterocycles. The molecule has 0 spiro atoms. The number of halogens is 1. The first-order valence-electron chi connectivity index (χ1n) is 6.30. The maximum absolute atomic E-state index is 12.2. The van der Waals surface area contributed by atoms with Crippen molar-refractivity contribution in [2.45, 2.75) is 39.7 Å². The Hall–Kier alpha value is -1.14. The molecule has 2 aromatic heterocycles. The van der Waals surface area contributed by atoms with Crippen LogP contribution in [0.1, 0.15) is 37.0 Å². The number of rotatable bonds is 2. The molecule has 0 fully saturated rings. The van der Waals surface area contributed by atoms with E-state index in [1.165, 1.54) is 0 Å². The highest BCUT2D eigenvalue weighted by Crippen LogP contribution is 2.24. The van der Waals surface area contributed by atoms with Gasteiger partial charge in [-0.2, -0.15) is 0 Å². The van der Waals surface area contributed by atoms with E-state index < -0.39 is 0 Å². The van der Waals surface area contributed by atoms with E-state index in [4.69, 9.17) is 5.73 Å². The Morgan fingerprint density at radius 2 is 2.10 bits per heavy atom. The Labute approximate surface area is 130 Å². The van der Waals surface area contributed by atoms with Crippen LogP contribution in [0.15, 0.2) is 20.8 Å². The fourth-order valence-corrected chi connectivity index (χ4v) is 3.20. The summed E-state index contributed by atoms with van der Waals surface area (Å²) >= 11 is 4.87. The smallest absolute Gasteiger partial charge is 0.265 e.